The fourth-order valence-electron chi connectivity index (χ4n) is 1.51. The topological polar surface area (TPSA) is 41.3 Å². The molecule has 5 heteroatoms. The summed E-state index contributed by atoms with van der Waals surface area (Å²) < 4.78 is 14.5. The summed E-state index contributed by atoms with van der Waals surface area (Å²) in [6.07, 6.45) is 6.15. The summed E-state index contributed by atoms with van der Waals surface area (Å²) in [4.78, 5) is 1.71. The summed E-state index contributed by atoms with van der Waals surface area (Å²) in [5, 5.41) is 13.0. The van der Waals surface area contributed by atoms with Crippen molar-refractivity contribution in [1.29, 1.82) is 0 Å². The van der Waals surface area contributed by atoms with E-state index in [1.807, 2.05) is 0 Å². The van der Waals surface area contributed by atoms with Gasteiger partial charge < -0.3 is 10.0 Å². The van der Waals surface area contributed by atoms with Crippen molar-refractivity contribution in [2.24, 2.45) is 0 Å². The molecule has 0 aromatic carbocycles. The van der Waals surface area contributed by atoms with Crippen molar-refractivity contribution in [1.82, 2.24) is 14.7 Å². The van der Waals surface area contributed by atoms with Crippen LogP contribution < -0.4 is 0 Å². The fraction of sp³-hybridized carbons (Fsp3) is 0.300. The lowest BCUT2D eigenvalue weighted by molar-refractivity contribution is 0.254. The SMILES string of the molecule is CN1C=C(F)C=CC1n1ccc(CO)n1. The van der Waals surface area contributed by atoms with Crippen molar-refractivity contribution < 1.29 is 9.50 Å². The van der Waals surface area contributed by atoms with E-state index in [0.717, 1.165) is 0 Å². The summed E-state index contributed by atoms with van der Waals surface area (Å²) >= 11 is 0. The molecule has 0 saturated heterocycles. The van der Waals surface area contributed by atoms with Crippen molar-refractivity contribution in [2.75, 3.05) is 7.05 Å². The van der Waals surface area contributed by atoms with E-state index in [1.54, 1.807) is 35.0 Å². The molecule has 1 atom stereocenters. The van der Waals surface area contributed by atoms with Gasteiger partial charge in [0.25, 0.3) is 0 Å². The second-order valence-electron chi connectivity index (χ2n) is 3.40. The minimum atomic E-state index is -0.275. The van der Waals surface area contributed by atoms with Gasteiger partial charge in [0.15, 0.2) is 0 Å². The predicted octanol–water partition coefficient (Wildman–Crippen LogP) is 1.19. The Bertz CT molecular complexity index is 411. The number of hydrogen-bond donors (Lipinski definition) is 1. The van der Waals surface area contributed by atoms with Crippen LogP contribution in [-0.2, 0) is 6.61 Å². The molecular formula is C10H12FN3O. The third kappa shape index (κ3) is 1.92. The van der Waals surface area contributed by atoms with Crippen LogP contribution in [0.5, 0.6) is 0 Å². The van der Waals surface area contributed by atoms with Crippen LogP contribution >= 0.6 is 0 Å². The molecule has 2 heterocycles. The highest BCUT2D eigenvalue weighted by Crippen LogP contribution is 2.20. The normalized spacial score (nSPS) is 20.6. The Morgan fingerprint density at radius 1 is 1.60 bits per heavy atom. The van der Waals surface area contributed by atoms with E-state index in [2.05, 4.69) is 5.10 Å². The molecule has 0 bridgehead atoms. The van der Waals surface area contributed by atoms with Gasteiger partial charge in [0.1, 0.15) is 12.0 Å². The molecule has 4 nitrogen and oxygen atoms in total. The maximum absolute atomic E-state index is 12.9. The lowest BCUT2D eigenvalue weighted by Gasteiger charge is -2.26. The van der Waals surface area contributed by atoms with E-state index < -0.39 is 0 Å². The number of aliphatic hydroxyl groups is 1. The average molecular weight is 209 g/mol. The Kier molecular flexibility index (Phi) is 2.55. The Morgan fingerprint density at radius 2 is 2.40 bits per heavy atom. The van der Waals surface area contributed by atoms with Gasteiger partial charge in [-0.1, -0.05) is 0 Å². The molecule has 1 N–H and O–H groups in total. The molecule has 0 amide bonds. The summed E-state index contributed by atoms with van der Waals surface area (Å²) in [6.45, 7) is -0.0860. The highest BCUT2D eigenvalue weighted by molar-refractivity contribution is 5.17. The molecule has 0 fully saturated rings. The number of aliphatic hydroxyl groups excluding tert-OH is 1. The second kappa shape index (κ2) is 3.86. The minimum Gasteiger partial charge on any atom is -0.390 e. The van der Waals surface area contributed by atoms with Crippen molar-refractivity contribution in [3.05, 3.63) is 42.1 Å². The van der Waals surface area contributed by atoms with Crippen molar-refractivity contribution in [2.45, 2.75) is 12.8 Å². The van der Waals surface area contributed by atoms with Crippen molar-refractivity contribution in [3.8, 4) is 0 Å². The third-order valence-corrected chi connectivity index (χ3v) is 2.27. The number of rotatable bonds is 2. The van der Waals surface area contributed by atoms with Crippen LogP contribution in [0.15, 0.2) is 36.4 Å². The number of aromatic nitrogens is 2. The molecular weight excluding hydrogens is 197 g/mol. The Labute approximate surface area is 86.9 Å². The van der Waals surface area contributed by atoms with E-state index in [1.165, 1.54) is 12.3 Å². The second-order valence-corrected chi connectivity index (χ2v) is 3.40. The molecule has 0 aliphatic carbocycles. The largest absolute Gasteiger partial charge is 0.390 e. The van der Waals surface area contributed by atoms with E-state index in [9.17, 15) is 4.39 Å². The number of allylic oxidation sites excluding steroid dienone is 2. The van der Waals surface area contributed by atoms with Crippen LogP contribution in [0.2, 0.25) is 0 Å². The standard InChI is InChI=1S/C10H12FN3O/c1-13-6-8(11)2-3-10(13)14-5-4-9(7-15)12-14/h2-6,10,15H,7H2,1H3. The van der Waals surface area contributed by atoms with Crippen LogP contribution in [-0.4, -0.2) is 26.8 Å². The van der Waals surface area contributed by atoms with Crippen LogP contribution in [0.1, 0.15) is 11.9 Å². The average Bonchev–Trinajstić information content (AvgIpc) is 2.66. The van der Waals surface area contributed by atoms with Crippen LogP contribution in [0, 0.1) is 0 Å². The maximum Gasteiger partial charge on any atom is 0.141 e. The van der Waals surface area contributed by atoms with Crippen molar-refractivity contribution >= 4 is 0 Å². The zero-order chi connectivity index (χ0) is 10.8. The number of likely N-dealkylation sites (N-methyl/N-ethyl adjacent to an activating group) is 1. The van der Waals surface area contributed by atoms with E-state index in [0.29, 0.717) is 5.69 Å². The highest BCUT2D eigenvalue weighted by atomic mass is 19.1. The van der Waals surface area contributed by atoms with E-state index in [4.69, 9.17) is 5.11 Å². The number of halogens is 1. The lowest BCUT2D eigenvalue weighted by Crippen LogP contribution is -2.25. The summed E-state index contributed by atoms with van der Waals surface area (Å²) in [5.41, 5.74) is 0.604. The van der Waals surface area contributed by atoms with Gasteiger partial charge in [0.2, 0.25) is 0 Å². The molecule has 0 saturated carbocycles. The molecule has 15 heavy (non-hydrogen) atoms. The Hall–Kier alpha value is -1.62. The molecule has 0 radical (unpaired) electrons. The minimum absolute atomic E-state index is 0.0860. The van der Waals surface area contributed by atoms with E-state index >= 15 is 0 Å². The molecule has 1 aliphatic rings. The first-order valence-corrected chi connectivity index (χ1v) is 4.63. The first-order valence-electron chi connectivity index (χ1n) is 4.63. The van der Waals surface area contributed by atoms with Crippen LogP contribution in [0.4, 0.5) is 4.39 Å². The molecule has 1 aromatic heterocycles. The smallest absolute Gasteiger partial charge is 0.141 e. The molecule has 1 aromatic rings. The van der Waals surface area contributed by atoms with Crippen LogP contribution in [0.3, 0.4) is 0 Å². The summed E-state index contributed by atoms with van der Waals surface area (Å²) in [6, 6.07) is 1.73. The van der Waals surface area contributed by atoms with Crippen LogP contribution in [0.25, 0.3) is 0 Å². The predicted molar refractivity (Wildman–Crippen MR) is 53.3 cm³/mol. The fourth-order valence-corrected chi connectivity index (χ4v) is 1.51. The molecule has 1 unspecified atom stereocenters. The lowest BCUT2D eigenvalue weighted by atomic mass is 10.3. The highest BCUT2D eigenvalue weighted by Gasteiger charge is 2.16. The summed E-state index contributed by atoms with van der Waals surface area (Å²) in [5.74, 6) is -0.275. The molecule has 1 aliphatic heterocycles. The third-order valence-electron chi connectivity index (χ3n) is 2.27. The Balaban J connectivity index is 2.22. The monoisotopic (exact) mass is 209 g/mol. The molecule has 2 rings (SSSR count). The van der Waals surface area contributed by atoms with E-state index in [-0.39, 0.29) is 18.6 Å². The number of hydrogen-bond acceptors (Lipinski definition) is 3. The van der Waals surface area contributed by atoms with Gasteiger partial charge in [0, 0.05) is 19.4 Å². The van der Waals surface area contributed by atoms with Gasteiger partial charge >= 0.3 is 0 Å². The zero-order valence-electron chi connectivity index (χ0n) is 8.34. The van der Waals surface area contributed by atoms with Gasteiger partial charge in [-0.3, -0.25) is 0 Å². The van der Waals surface area contributed by atoms with Crippen molar-refractivity contribution in [3.63, 3.8) is 0 Å². The Morgan fingerprint density at radius 3 is 3.00 bits per heavy atom. The van der Waals surface area contributed by atoms with Gasteiger partial charge in [-0.15, -0.1) is 0 Å². The zero-order valence-corrected chi connectivity index (χ0v) is 8.34. The van der Waals surface area contributed by atoms with Gasteiger partial charge in [-0.2, -0.15) is 5.10 Å². The van der Waals surface area contributed by atoms with Gasteiger partial charge in [-0.25, -0.2) is 9.07 Å². The molecule has 80 valence electrons. The maximum atomic E-state index is 12.9. The summed E-state index contributed by atoms with van der Waals surface area (Å²) in [7, 11) is 1.77. The first-order chi connectivity index (χ1) is 7.20. The molecule has 0 spiro atoms. The quantitative estimate of drug-likeness (QED) is 0.795. The van der Waals surface area contributed by atoms with Gasteiger partial charge in [-0.05, 0) is 18.2 Å². The van der Waals surface area contributed by atoms with Gasteiger partial charge in [0.05, 0.1) is 12.3 Å². The first kappa shape index (κ1) is 9.92. The number of nitrogens with zero attached hydrogens (tertiary/aromatic N) is 3.